The van der Waals surface area contributed by atoms with E-state index < -0.39 is 21.6 Å². The molecule has 0 aromatic heterocycles. The van der Waals surface area contributed by atoms with Crippen LogP contribution in [0.15, 0.2) is 41.3 Å². The standard InChI is InChI=1S/C14H10Cl2FNO3S/c1-22(20,21)9-3-4-11(16)10(7-9)14(19)18-13-6-8(15)2-5-12(13)17/h2-7H,1H3,(H,18,19). The first-order valence-corrected chi connectivity index (χ1v) is 8.59. The number of sulfone groups is 1. The lowest BCUT2D eigenvalue weighted by atomic mass is 10.2. The Hall–Kier alpha value is -1.63. The number of carbonyl (C=O) groups excluding carboxylic acids is 1. The fourth-order valence-electron chi connectivity index (χ4n) is 1.69. The predicted molar refractivity (Wildman–Crippen MR) is 83.9 cm³/mol. The molecule has 2 aromatic carbocycles. The van der Waals surface area contributed by atoms with Crippen molar-refractivity contribution < 1.29 is 17.6 Å². The molecule has 0 aliphatic heterocycles. The highest BCUT2D eigenvalue weighted by atomic mass is 35.5. The molecule has 2 aromatic rings. The molecule has 0 unspecified atom stereocenters. The lowest BCUT2D eigenvalue weighted by Crippen LogP contribution is -2.14. The van der Waals surface area contributed by atoms with Crippen molar-refractivity contribution in [1.82, 2.24) is 0 Å². The summed E-state index contributed by atoms with van der Waals surface area (Å²) in [5, 5.41) is 2.60. The Morgan fingerprint density at radius 1 is 1.14 bits per heavy atom. The first-order valence-electron chi connectivity index (χ1n) is 5.94. The highest BCUT2D eigenvalue weighted by Gasteiger charge is 2.17. The van der Waals surface area contributed by atoms with Crippen molar-refractivity contribution >= 4 is 44.6 Å². The number of hydrogen-bond donors (Lipinski definition) is 1. The van der Waals surface area contributed by atoms with E-state index in [-0.39, 0.29) is 26.2 Å². The zero-order valence-electron chi connectivity index (χ0n) is 11.2. The molecule has 0 radical (unpaired) electrons. The molecule has 0 aliphatic rings. The van der Waals surface area contributed by atoms with Crippen LogP contribution in [0.2, 0.25) is 10.0 Å². The molecule has 0 fully saturated rings. The van der Waals surface area contributed by atoms with Crippen molar-refractivity contribution in [3.8, 4) is 0 Å². The molecule has 22 heavy (non-hydrogen) atoms. The first-order chi connectivity index (χ1) is 10.2. The van der Waals surface area contributed by atoms with Gasteiger partial charge in [0.05, 0.1) is 21.2 Å². The van der Waals surface area contributed by atoms with Crippen LogP contribution in [-0.4, -0.2) is 20.6 Å². The summed E-state index contributed by atoms with van der Waals surface area (Å²) in [5.41, 5.74) is -0.206. The minimum absolute atomic E-state index is 0.0485. The van der Waals surface area contributed by atoms with E-state index >= 15 is 0 Å². The van der Waals surface area contributed by atoms with Gasteiger partial charge in [-0.25, -0.2) is 12.8 Å². The predicted octanol–water partition coefficient (Wildman–Crippen LogP) is 3.79. The third-order valence-corrected chi connectivity index (χ3v) is 4.46. The van der Waals surface area contributed by atoms with Crippen molar-refractivity contribution in [2.45, 2.75) is 4.90 Å². The molecular formula is C14H10Cl2FNO3S. The molecule has 0 bridgehead atoms. The van der Waals surface area contributed by atoms with E-state index in [0.717, 1.165) is 18.4 Å². The zero-order valence-corrected chi connectivity index (χ0v) is 13.6. The van der Waals surface area contributed by atoms with E-state index in [0.29, 0.717) is 0 Å². The minimum atomic E-state index is -3.50. The molecule has 8 heteroatoms. The summed E-state index contributed by atoms with van der Waals surface area (Å²) < 4.78 is 36.7. The summed E-state index contributed by atoms with van der Waals surface area (Å²) in [6.07, 6.45) is 1.01. The second kappa shape index (κ2) is 6.24. The van der Waals surface area contributed by atoms with Crippen molar-refractivity contribution in [3.63, 3.8) is 0 Å². The van der Waals surface area contributed by atoms with E-state index in [2.05, 4.69) is 5.32 Å². The van der Waals surface area contributed by atoms with Gasteiger partial charge in [0.1, 0.15) is 5.82 Å². The Balaban J connectivity index is 2.39. The molecule has 0 saturated heterocycles. The highest BCUT2D eigenvalue weighted by Crippen LogP contribution is 2.24. The fraction of sp³-hybridized carbons (Fsp3) is 0.0714. The highest BCUT2D eigenvalue weighted by molar-refractivity contribution is 7.90. The Kier molecular flexibility index (Phi) is 4.75. The molecule has 2 rings (SSSR count). The van der Waals surface area contributed by atoms with E-state index in [1.54, 1.807) is 0 Å². The van der Waals surface area contributed by atoms with E-state index in [9.17, 15) is 17.6 Å². The van der Waals surface area contributed by atoms with Crippen LogP contribution >= 0.6 is 23.2 Å². The third-order valence-electron chi connectivity index (χ3n) is 2.79. The van der Waals surface area contributed by atoms with Gasteiger partial charge in [-0.3, -0.25) is 4.79 Å². The van der Waals surface area contributed by atoms with Crippen LogP contribution < -0.4 is 5.32 Å². The monoisotopic (exact) mass is 361 g/mol. The third kappa shape index (κ3) is 3.76. The van der Waals surface area contributed by atoms with Crippen LogP contribution in [0.5, 0.6) is 0 Å². The maximum Gasteiger partial charge on any atom is 0.257 e. The summed E-state index contributed by atoms with van der Waals surface area (Å²) in [7, 11) is -3.50. The van der Waals surface area contributed by atoms with Gasteiger partial charge in [-0.15, -0.1) is 0 Å². The fourth-order valence-corrected chi connectivity index (χ4v) is 2.71. The molecular weight excluding hydrogens is 352 g/mol. The normalized spacial score (nSPS) is 11.3. The van der Waals surface area contributed by atoms with Crippen molar-refractivity contribution in [1.29, 1.82) is 0 Å². The van der Waals surface area contributed by atoms with E-state index in [1.807, 2.05) is 0 Å². The Morgan fingerprint density at radius 3 is 2.45 bits per heavy atom. The summed E-state index contributed by atoms with van der Waals surface area (Å²) in [4.78, 5) is 12.1. The van der Waals surface area contributed by atoms with Gasteiger partial charge in [0.25, 0.3) is 5.91 Å². The second-order valence-electron chi connectivity index (χ2n) is 4.49. The van der Waals surface area contributed by atoms with Crippen LogP contribution in [-0.2, 0) is 9.84 Å². The zero-order chi connectivity index (χ0) is 16.5. The molecule has 1 amide bonds. The summed E-state index contributed by atoms with van der Waals surface area (Å²) in [6, 6.07) is 7.39. The number of halogens is 3. The molecule has 4 nitrogen and oxygen atoms in total. The maximum absolute atomic E-state index is 13.6. The van der Waals surface area contributed by atoms with Crippen molar-refractivity contribution in [3.05, 3.63) is 57.8 Å². The average Bonchev–Trinajstić information content (AvgIpc) is 2.42. The lowest BCUT2D eigenvalue weighted by Gasteiger charge is -2.09. The Labute approximate surface area is 136 Å². The Bertz CT molecular complexity index is 853. The van der Waals surface area contributed by atoms with Crippen LogP contribution in [0, 0.1) is 5.82 Å². The van der Waals surface area contributed by atoms with Gasteiger partial charge in [0.2, 0.25) is 0 Å². The number of amides is 1. The summed E-state index contributed by atoms with van der Waals surface area (Å²) >= 11 is 11.6. The summed E-state index contributed by atoms with van der Waals surface area (Å²) in [5.74, 6) is -1.41. The smallest absolute Gasteiger partial charge is 0.257 e. The van der Waals surface area contributed by atoms with Crippen LogP contribution in [0.4, 0.5) is 10.1 Å². The molecule has 0 saturated carbocycles. The van der Waals surface area contributed by atoms with Crippen molar-refractivity contribution in [2.24, 2.45) is 0 Å². The molecule has 116 valence electrons. The average molecular weight is 362 g/mol. The van der Waals surface area contributed by atoms with Gasteiger partial charge >= 0.3 is 0 Å². The lowest BCUT2D eigenvalue weighted by molar-refractivity contribution is 0.102. The number of rotatable bonds is 3. The van der Waals surface area contributed by atoms with Crippen LogP contribution in [0.25, 0.3) is 0 Å². The van der Waals surface area contributed by atoms with Gasteiger partial charge in [0.15, 0.2) is 9.84 Å². The number of hydrogen-bond acceptors (Lipinski definition) is 3. The minimum Gasteiger partial charge on any atom is -0.319 e. The molecule has 1 N–H and O–H groups in total. The quantitative estimate of drug-likeness (QED) is 0.904. The van der Waals surface area contributed by atoms with Crippen LogP contribution in [0.1, 0.15) is 10.4 Å². The maximum atomic E-state index is 13.6. The van der Waals surface area contributed by atoms with Gasteiger partial charge < -0.3 is 5.32 Å². The Morgan fingerprint density at radius 2 is 1.82 bits per heavy atom. The largest absolute Gasteiger partial charge is 0.319 e. The SMILES string of the molecule is CS(=O)(=O)c1ccc(Cl)c(C(=O)Nc2cc(Cl)ccc2F)c1. The van der Waals surface area contributed by atoms with Gasteiger partial charge in [0, 0.05) is 11.3 Å². The number of anilines is 1. The van der Waals surface area contributed by atoms with Gasteiger partial charge in [-0.05, 0) is 36.4 Å². The number of carbonyl (C=O) groups is 1. The second-order valence-corrected chi connectivity index (χ2v) is 7.35. The van der Waals surface area contributed by atoms with Gasteiger partial charge in [-0.2, -0.15) is 0 Å². The molecule has 0 heterocycles. The van der Waals surface area contributed by atoms with Crippen LogP contribution in [0.3, 0.4) is 0 Å². The topological polar surface area (TPSA) is 63.2 Å². The van der Waals surface area contributed by atoms with Crippen molar-refractivity contribution in [2.75, 3.05) is 11.6 Å². The molecule has 0 aliphatic carbocycles. The summed E-state index contributed by atoms with van der Waals surface area (Å²) in [6.45, 7) is 0. The molecule has 0 atom stereocenters. The molecule has 0 spiro atoms. The van der Waals surface area contributed by atoms with E-state index in [4.69, 9.17) is 23.2 Å². The van der Waals surface area contributed by atoms with Gasteiger partial charge in [-0.1, -0.05) is 23.2 Å². The van der Waals surface area contributed by atoms with E-state index in [1.165, 1.54) is 24.3 Å². The first kappa shape index (κ1) is 16.7. The number of benzene rings is 2. The number of nitrogens with one attached hydrogen (secondary N) is 1.